The minimum Gasteiger partial charge on any atom is -0.399 e. The van der Waals surface area contributed by atoms with Gasteiger partial charge in [0.15, 0.2) is 0 Å². The van der Waals surface area contributed by atoms with Crippen LogP contribution in [0.15, 0.2) is 18.2 Å². The van der Waals surface area contributed by atoms with Crippen molar-refractivity contribution in [2.75, 3.05) is 19.4 Å². The summed E-state index contributed by atoms with van der Waals surface area (Å²) < 4.78 is 38.8. The minimum absolute atomic E-state index is 0.0835. The zero-order valence-corrected chi connectivity index (χ0v) is 11.3. The molecule has 6 heteroatoms. The fourth-order valence-corrected chi connectivity index (χ4v) is 1.59. The summed E-state index contributed by atoms with van der Waals surface area (Å²) in [5, 5.41) is 9.23. The predicted octanol–water partition coefficient (Wildman–Crippen LogP) is 2.49. The van der Waals surface area contributed by atoms with E-state index in [2.05, 4.69) is 0 Å². The molecule has 0 saturated heterocycles. The molecule has 0 aliphatic carbocycles. The Balaban J connectivity index is 3.08. The fraction of sp³-hybridized carbons (Fsp3) is 0.538. The quantitative estimate of drug-likeness (QED) is 0.831. The first-order valence-electron chi connectivity index (χ1n) is 5.85. The number of nitrogens with zero attached hydrogens (tertiary/aromatic N) is 1. The molecule has 0 aromatic heterocycles. The highest BCUT2D eigenvalue weighted by molar-refractivity contribution is 5.46. The summed E-state index contributed by atoms with van der Waals surface area (Å²) >= 11 is 0. The number of aliphatic hydroxyl groups is 1. The maximum Gasteiger partial charge on any atom is 0.416 e. The molecule has 0 heterocycles. The Bertz CT molecular complexity index is 444. The first-order chi connectivity index (χ1) is 8.58. The van der Waals surface area contributed by atoms with Crippen molar-refractivity contribution < 1.29 is 18.3 Å². The number of hydrogen-bond acceptors (Lipinski definition) is 3. The standard InChI is InChI=1S/C13H19F3N2O/c1-12(2,8-19)18(3)7-9-4-5-10(17)6-11(9)13(14,15)16/h4-6,19H,7-8,17H2,1-3H3. The van der Waals surface area contributed by atoms with E-state index in [0.29, 0.717) is 0 Å². The predicted molar refractivity (Wildman–Crippen MR) is 68.5 cm³/mol. The second-order valence-electron chi connectivity index (χ2n) is 5.24. The van der Waals surface area contributed by atoms with Crippen molar-refractivity contribution in [3.8, 4) is 0 Å². The van der Waals surface area contributed by atoms with Crippen LogP contribution in [0.3, 0.4) is 0 Å². The number of aliphatic hydroxyl groups excluding tert-OH is 1. The molecule has 1 aromatic carbocycles. The topological polar surface area (TPSA) is 49.5 Å². The van der Waals surface area contributed by atoms with Gasteiger partial charge >= 0.3 is 6.18 Å². The highest BCUT2D eigenvalue weighted by atomic mass is 19.4. The highest BCUT2D eigenvalue weighted by Crippen LogP contribution is 2.34. The number of likely N-dealkylation sites (N-methyl/N-ethyl adjacent to an activating group) is 1. The summed E-state index contributed by atoms with van der Waals surface area (Å²) in [4.78, 5) is 1.67. The van der Waals surface area contributed by atoms with Gasteiger partial charge in [0, 0.05) is 17.8 Å². The lowest BCUT2D eigenvalue weighted by Gasteiger charge is -2.34. The van der Waals surface area contributed by atoms with Gasteiger partial charge in [-0.05, 0) is 38.6 Å². The van der Waals surface area contributed by atoms with E-state index in [-0.39, 0.29) is 24.4 Å². The number of nitrogen functional groups attached to an aromatic ring is 1. The smallest absolute Gasteiger partial charge is 0.399 e. The third-order valence-electron chi connectivity index (χ3n) is 3.27. The van der Waals surface area contributed by atoms with Crippen LogP contribution in [0.2, 0.25) is 0 Å². The van der Waals surface area contributed by atoms with Crippen LogP contribution in [0.25, 0.3) is 0 Å². The molecule has 0 fully saturated rings. The lowest BCUT2D eigenvalue weighted by Crippen LogP contribution is -2.43. The number of rotatable bonds is 4. The van der Waals surface area contributed by atoms with Crippen molar-refractivity contribution in [3.63, 3.8) is 0 Å². The van der Waals surface area contributed by atoms with Gasteiger partial charge in [0.2, 0.25) is 0 Å². The average Bonchev–Trinajstić information content (AvgIpc) is 2.30. The average molecular weight is 276 g/mol. The van der Waals surface area contributed by atoms with E-state index in [0.717, 1.165) is 6.07 Å². The Morgan fingerprint density at radius 3 is 2.32 bits per heavy atom. The molecule has 1 aromatic rings. The lowest BCUT2D eigenvalue weighted by molar-refractivity contribution is -0.138. The molecule has 0 atom stereocenters. The summed E-state index contributed by atoms with van der Waals surface area (Å²) in [5.41, 5.74) is 4.32. The van der Waals surface area contributed by atoms with Crippen LogP contribution >= 0.6 is 0 Å². The Morgan fingerprint density at radius 1 is 1.26 bits per heavy atom. The van der Waals surface area contributed by atoms with Crippen LogP contribution in [0.5, 0.6) is 0 Å². The number of alkyl halides is 3. The Hall–Kier alpha value is -1.27. The SMILES string of the molecule is CN(Cc1ccc(N)cc1C(F)(F)F)C(C)(C)CO. The summed E-state index contributed by atoms with van der Waals surface area (Å²) in [6.45, 7) is 3.47. The highest BCUT2D eigenvalue weighted by Gasteiger charge is 2.34. The van der Waals surface area contributed by atoms with Crippen molar-refractivity contribution in [1.82, 2.24) is 4.90 Å². The molecule has 0 bridgehead atoms. The van der Waals surface area contributed by atoms with Crippen molar-refractivity contribution in [3.05, 3.63) is 29.3 Å². The fourth-order valence-electron chi connectivity index (χ4n) is 1.59. The van der Waals surface area contributed by atoms with E-state index in [1.807, 2.05) is 0 Å². The van der Waals surface area contributed by atoms with Gasteiger partial charge in [-0.25, -0.2) is 0 Å². The van der Waals surface area contributed by atoms with Gasteiger partial charge in [-0.15, -0.1) is 0 Å². The van der Waals surface area contributed by atoms with E-state index < -0.39 is 17.3 Å². The zero-order chi connectivity index (χ0) is 14.8. The van der Waals surface area contributed by atoms with E-state index in [4.69, 9.17) is 5.73 Å². The van der Waals surface area contributed by atoms with Gasteiger partial charge < -0.3 is 10.8 Å². The maximum absolute atomic E-state index is 12.9. The van der Waals surface area contributed by atoms with Crippen LogP contribution in [0, 0.1) is 0 Å². The van der Waals surface area contributed by atoms with Crippen molar-refractivity contribution >= 4 is 5.69 Å². The van der Waals surface area contributed by atoms with Crippen LogP contribution in [-0.2, 0) is 12.7 Å². The molecule has 108 valence electrons. The molecule has 0 amide bonds. The normalized spacial score (nSPS) is 13.1. The summed E-state index contributed by atoms with van der Waals surface area (Å²) in [6, 6.07) is 3.77. The van der Waals surface area contributed by atoms with Gasteiger partial charge in [0.1, 0.15) is 0 Å². The third kappa shape index (κ3) is 3.84. The zero-order valence-electron chi connectivity index (χ0n) is 11.3. The summed E-state index contributed by atoms with van der Waals surface area (Å²) in [7, 11) is 1.67. The number of halogens is 3. The van der Waals surface area contributed by atoms with Gasteiger partial charge in [-0.1, -0.05) is 6.07 Å². The Morgan fingerprint density at radius 2 is 1.84 bits per heavy atom. The van der Waals surface area contributed by atoms with Crippen LogP contribution in [-0.4, -0.2) is 29.2 Å². The molecular weight excluding hydrogens is 257 g/mol. The van der Waals surface area contributed by atoms with Gasteiger partial charge in [0.25, 0.3) is 0 Å². The van der Waals surface area contributed by atoms with Crippen LogP contribution in [0.4, 0.5) is 18.9 Å². The van der Waals surface area contributed by atoms with E-state index in [9.17, 15) is 18.3 Å². The molecule has 3 nitrogen and oxygen atoms in total. The van der Waals surface area contributed by atoms with Crippen molar-refractivity contribution in [2.24, 2.45) is 0 Å². The van der Waals surface area contributed by atoms with Crippen molar-refractivity contribution in [2.45, 2.75) is 32.1 Å². The van der Waals surface area contributed by atoms with Gasteiger partial charge in [-0.3, -0.25) is 4.90 Å². The Labute approximate surface area is 110 Å². The number of anilines is 1. The van der Waals surface area contributed by atoms with Crippen LogP contribution in [0.1, 0.15) is 25.0 Å². The van der Waals surface area contributed by atoms with E-state index >= 15 is 0 Å². The minimum atomic E-state index is -4.44. The maximum atomic E-state index is 12.9. The molecule has 19 heavy (non-hydrogen) atoms. The number of nitrogens with two attached hydrogens (primary N) is 1. The molecule has 0 unspecified atom stereocenters. The number of benzene rings is 1. The molecule has 0 saturated carbocycles. The van der Waals surface area contributed by atoms with Crippen molar-refractivity contribution in [1.29, 1.82) is 0 Å². The van der Waals surface area contributed by atoms with Gasteiger partial charge in [-0.2, -0.15) is 13.2 Å². The largest absolute Gasteiger partial charge is 0.416 e. The molecule has 1 rings (SSSR count). The second kappa shape index (κ2) is 5.38. The molecule has 0 aliphatic heterocycles. The van der Waals surface area contributed by atoms with E-state index in [1.165, 1.54) is 12.1 Å². The monoisotopic (exact) mass is 276 g/mol. The Kier molecular flexibility index (Phi) is 4.47. The first kappa shape index (κ1) is 15.8. The van der Waals surface area contributed by atoms with E-state index in [1.54, 1.807) is 25.8 Å². The molecule has 0 spiro atoms. The third-order valence-corrected chi connectivity index (χ3v) is 3.27. The number of hydrogen-bond donors (Lipinski definition) is 2. The molecule has 3 N–H and O–H groups in total. The van der Waals surface area contributed by atoms with Crippen LogP contribution < -0.4 is 5.73 Å². The second-order valence-corrected chi connectivity index (χ2v) is 5.24. The summed E-state index contributed by atoms with van der Waals surface area (Å²) in [5.74, 6) is 0. The summed E-state index contributed by atoms with van der Waals surface area (Å²) in [6.07, 6.45) is -4.44. The first-order valence-corrected chi connectivity index (χ1v) is 5.85. The molecule has 0 radical (unpaired) electrons. The molecular formula is C13H19F3N2O. The molecule has 0 aliphatic rings. The van der Waals surface area contributed by atoms with Gasteiger partial charge in [0.05, 0.1) is 12.2 Å². The lowest BCUT2D eigenvalue weighted by atomic mass is 10.0.